The molecule has 0 amide bonds. The van der Waals surface area contributed by atoms with Gasteiger partial charge in [0.05, 0.1) is 8.47 Å². The Morgan fingerprint density at radius 2 is 2.08 bits per heavy atom. The third-order valence-electron chi connectivity index (χ3n) is 1.47. The van der Waals surface area contributed by atoms with E-state index in [4.69, 9.17) is 0 Å². The van der Waals surface area contributed by atoms with Crippen molar-refractivity contribution < 1.29 is 12.8 Å². The van der Waals surface area contributed by atoms with Crippen molar-refractivity contribution in [3.8, 4) is 0 Å². The van der Waals surface area contributed by atoms with Crippen molar-refractivity contribution in [3.05, 3.63) is 27.6 Å². The highest BCUT2D eigenvalue weighted by atomic mass is 127. The number of hydrogen-bond acceptors (Lipinski definition) is 2. The van der Waals surface area contributed by atoms with Crippen LogP contribution >= 0.6 is 22.6 Å². The van der Waals surface area contributed by atoms with E-state index in [9.17, 15) is 12.8 Å². The average molecular weight is 315 g/mol. The summed E-state index contributed by atoms with van der Waals surface area (Å²) >= 11 is 1.66. The van der Waals surface area contributed by atoms with E-state index in [1.165, 1.54) is 25.2 Å². The van der Waals surface area contributed by atoms with Gasteiger partial charge in [-0.3, -0.25) is 0 Å². The molecular weight excluding hydrogens is 308 g/mol. The smallest absolute Gasteiger partial charge is 0.214 e. The van der Waals surface area contributed by atoms with Gasteiger partial charge in [-0.05, 0) is 41.8 Å². The Kier molecular flexibility index (Phi) is 3.25. The van der Waals surface area contributed by atoms with E-state index in [-0.39, 0.29) is 8.47 Å². The fourth-order valence-electron chi connectivity index (χ4n) is 0.802. The molecule has 0 saturated carbocycles. The van der Waals surface area contributed by atoms with Crippen LogP contribution in [0.25, 0.3) is 0 Å². The van der Waals surface area contributed by atoms with Gasteiger partial charge in [0.2, 0.25) is 10.0 Å². The monoisotopic (exact) mass is 315 g/mol. The number of benzene rings is 1. The Hall–Kier alpha value is -0.210. The van der Waals surface area contributed by atoms with Gasteiger partial charge in [0, 0.05) is 0 Å². The molecule has 0 atom stereocenters. The average Bonchev–Trinajstić information content (AvgIpc) is 2.09. The van der Waals surface area contributed by atoms with Crippen molar-refractivity contribution in [2.24, 2.45) is 0 Å². The molecule has 6 heteroatoms. The minimum Gasteiger partial charge on any atom is -0.214 e. The van der Waals surface area contributed by atoms with Crippen molar-refractivity contribution >= 4 is 32.6 Å². The SMILES string of the molecule is CNS(=O)(=O)c1cccc(F)c1I. The number of sulfonamides is 1. The summed E-state index contributed by atoms with van der Waals surface area (Å²) in [5.74, 6) is -0.531. The Morgan fingerprint density at radius 1 is 1.46 bits per heavy atom. The van der Waals surface area contributed by atoms with Crippen LogP contribution in [0, 0.1) is 9.39 Å². The number of halogens is 2. The molecule has 13 heavy (non-hydrogen) atoms. The van der Waals surface area contributed by atoms with Crippen LogP contribution in [-0.4, -0.2) is 15.5 Å². The van der Waals surface area contributed by atoms with Gasteiger partial charge in [0.15, 0.2) is 0 Å². The van der Waals surface area contributed by atoms with Crippen LogP contribution in [0.2, 0.25) is 0 Å². The summed E-state index contributed by atoms with van der Waals surface area (Å²) < 4.78 is 37.8. The van der Waals surface area contributed by atoms with Crippen molar-refractivity contribution in [2.75, 3.05) is 7.05 Å². The molecule has 0 bridgehead atoms. The Bertz CT molecular complexity index is 419. The molecule has 0 heterocycles. The van der Waals surface area contributed by atoms with E-state index in [1.54, 1.807) is 22.6 Å². The van der Waals surface area contributed by atoms with E-state index >= 15 is 0 Å². The topological polar surface area (TPSA) is 46.2 Å². The van der Waals surface area contributed by atoms with Gasteiger partial charge in [-0.15, -0.1) is 0 Å². The summed E-state index contributed by atoms with van der Waals surface area (Å²) in [6, 6.07) is 3.94. The summed E-state index contributed by atoms with van der Waals surface area (Å²) in [5, 5.41) is 0. The number of rotatable bonds is 2. The summed E-state index contributed by atoms with van der Waals surface area (Å²) in [6.45, 7) is 0. The molecule has 0 spiro atoms. The lowest BCUT2D eigenvalue weighted by molar-refractivity contribution is 0.581. The molecule has 0 saturated heterocycles. The van der Waals surface area contributed by atoms with Gasteiger partial charge in [0.1, 0.15) is 5.82 Å². The van der Waals surface area contributed by atoms with Crippen LogP contribution < -0.4 is 4.72 Å². The predicted octanol–water partition coefficient (Wildman–Crippen LogP) is 1.34. The van der Waals surface area contributed by atoms with Crippen molar-refractivity contribution in [3.63, 3.8) is 0 Å². The Morgan fingerprint density at radius 3 is 2.62 bits per heavy atom. The van der Waals surface area contributed by atoms with Crippen LogP contribution in [0.4, 0.5) is 4.39 Å². The second-order valence-corrected chi connectivity index (χ2v) is 5.19. The zero-order valence-corrected chi connectivity index (χ0v) is 9.69. The maximum Gasteiger partial charge on any atom is 0.241 e. The first kappa shape index (κ1) is 10.9. The molecule has 0 unspecified atom stereocenters. The normalized spacial score (nSPS) is 11.6. The largest absolute Gasteiger partial charge is 0.241 e. The lowest BCUT2D eigenvalue weighted by atomic mass is 10.3. The van der Waals surface area contributed by atoms with E-state index in [0.717, 1.165) is 0 Å². The standard InChI is InChI=1S/C7H7FINO2S/c1-10-13(11,12)6-4-2-3-5(8)7(6)9/h2-4,10H,1H3. The first-order chi connectivity index (χ1) is 5.99. The molecule has 0 fully saturated rings. The minimum atomic E-state index is -3.55. The van der Waals surface area contributed by atoms with Gasteiger partial charge in [-0.25, -0.2) is 17.5 Å². The molecule has 0 aliphatic rings. The van der Waals surface area contributed by atoms with Gasteiger partial charge in [0.25, 0.3) is 0 Å². The molecule has 0 aliphatic heterocycles. The lowest BCUT2D eigenvalue weighted by Gasteiger charge is -2.04. The maximum atomic E-state index is 12.9. The highest BCUT2D eigenvalue weighted by molar-refractivity contribution is 14.1. The second kappa shape index (κ2) is 3.89. The van der Waals surface area contributed by atoms with Crippen molar-refractivity contribution in [2.45, 2.75) is 4.90 Å². The van der Waals surface area contributed by atoms with Crippen LogP contribution in [0.15, 0.2) is 23.1 Å². The highest BCUT2D eigenvalue weighted by Gasteiger charge is 2.17. The third kappa shape index (κ3) is 2.18. The molecule has 0 aliphatic carbocycles. The second-order valence-electron chi connectivity index (χ2n) is 2.26. The maximum absolute atomic E-state index is 12.9. The van der Waals surface area contributed by atoms with Crippen molar-refractivity contribution in [1.82, 2.24) is 4.72 Å². The molecule has 0 aromatic heterocycles. The first-order valence-electron chi connectivity index (χ1n) is 3.36. The highest BCUT2D eigenvalue weighted by Crippen LogP contribution is 2.19. The zero-order chi connectivity index (χ0) is 10.1. The van der Waals surface area contributed by atoms with E-state index in [2.05, 4.69) is 4.72 Å². The zero-order valence-electron chi connectivity index (χ0n) is 6.71. The summed E-state index contributed by atoms with van der Waals surface area (Å²) in [7, 11) is -2.26. The third-order valence-corrected chi connectivity index (χ3v) is 4.39. The van der Waals surface area contributed by atoms with Gasteiger partial charge >= 0.3 is 0 Å². The Balaban J connectivity index is 3.40. The summed E-state index contributed by atoms with van der Waals surface area (Å²) in [6.07, 6.45) is 0. The predicted molar refractivity (Wildman–Crippen MR) is 55.4 cm³/mol. The van der Waals surface area contributed by atoms with Crippen LogP contribution in [0.3, 0.4) is 0 Å². The van der Waals surface area contributed by atoms with E-state index in [1.807, 2.05) is 0 Å². The molecular formula is C7H7FINO2S. The molecule has 1 rings (SSSR count). The number of nitrogens with one attached hydrogen (secondary N) is 1. The fraction of sp³-hybridized carbons (Fsp3) is 0.143. The summed E-state index contributed by atoms with van der Waals surface area (Å²) in [5.41, 5.74) is 0. The lowest BCUT2D eigenvalue weighted by Crippen LogP contribution is -2.19. The molecule has 0 radical (unpaired) electrons. The molecule has 72 valence electrons. The van der Waals surface area contributed by atoms with E-state index < -0.39 is 15.8 Å². The Labute approximate surface area is 89.5 Å². The summed E-state index contributed by atoms with van der Waals surface area (Å²) in [4.78, 5) is -0.0319. The van der Waals surface area contributed by atoms with Gasteiger partial charge in [-0.2, -0.15) is 0 Å². The van der Waals surface area contributed by atoms with Gasteiger partial charge in [-0.1, -0.05) is 6.07 Å². The van der Waals surface area contributed by atoms with Crippen LogP contribution in [0.5, 0.6) is 0 Å². The number of hydrogen-bond donors (Lipinski definition) is 1. The van der Waals surface area contributed by atoms with Crippen LogP contribution in [0.1, 0.15) is 0 Å². The quantitative estimate of drug-likeness (QED) is 0.837. The molecule has 1 aromatic rings. The molecule has 1 aromatic carbocycles. The van der Waals surface area contributed by atoms with Crippen LogP contribution in [-0.2, 0) is 10.0 Å². The van der Waals surface area contributed by atoms with Gasteiger partial charge < -0.3 is 0 Å². The molecule has 3 nitrogen and oxygen atoms in total. The minimum absolute atomic E-state index is 0.0319. The first-order valence-corrected chi connectivity index (χ1v) is 5.93. The molecule has 1 N–H and O–H groups in total. The van der Waals surface area contributed by atoms with E-state index in [0.29, 0.717) is 0 Å². The fourth-order valence-corrected chi connectivity index (χ4v) is 2.84. The van der Waals surface area contributed by atoms with Crippen molar-refractivity contribution in [1.29, 1.82) is 0 Å².